The Labute approximate surface area is 545 Å². The van der Waals surface area contributed by atoms with Gasteiger partial charge in [-0.15, -0.1) is 0 Å². The van der Waals surface area contributed by atoms with Gasteiger partial charge in [0.1, 0.15) is 53.9 Å². The van der Waals surface area contributed by atoms with E-state index in [1.165, 1.54) is 108 Å². The molecule has 1 aromatic rings. The van der Waals surface area contributed by atoms with Crippen molar-refractivity contribution in [1.29, 1.82) is 0 Å². The van der Waals surface area contributed by atoms with Crippen molar-refractivity contribution in [3.63, 3.8) is 0 Å². The molecule has 0 radical (unpaired) electrons. The summed E-state index contributed by atoms with van der Waals surface area (Å²) < 4.78 is 0. The molecular formula is C67H107N13O12. The Bertz CT molecular complexity index is 2800. The predicted molar refractivity (Wildman–Crippen MR) is 345 cm³/mol. The number of pyridine rings is 1. The van der Waals surface area contributed by atoms with Crippen LogP contribution in [0.4, 0.5) is 0 Å². The lowest BCUT2D eigenvalue weighted by Crippen LogP contribution is -2.65. The summed E-state index contributed by atoms with van der Waals surface area (Å²) in [7, 11) is 13.3. The van der Waals surface area contributed by atoms with Gasteiger partial charge in [-0.05, 0) is 106 Å². The Hall–Kier alpha value is -7.21. The minimum absolute atomic E-state index is 0.102. The molecule has 9 atom stereocenters. The fourth-order valence-corrected chi connectivity index (χ4v) is 14.2. The van der Waals surface area contributed by atoms with Crippen molar-refractivity contribution in [1.82, 2.24) is 65.0 Å². The number of carbonyl (C=O) groups excluding carboxylic acids is 12. The molecule has 2 aliphatic heterocycles. The van der Waals surface area contributed by atoms with Crippen molar-refractivity contribution < 1.29 is 57.5 Å². The van der Waals surface area contributed by atoms with Crippen molar-refractivity contribution in [2.24, 2.45) is 23.7 Å². The molecule has 0 bridgehead atoms. The zero-order valence-corrected chi connectivity index (χ0v) is 57.4. The first-order valence-corrected chi connectivity index (χ1v) is 33.6. The molecule has 512 valence electrons. The molecule has 12 amide bonds. The summed E-state index contributed by atoms with van der Waals surface area (Å²) in [6.07, 6.45) is 13.2. The highest BCUT2D eigenvalue weighted by Crippen LogP contribution is 2.37. The van der Waals surface area contributed by atoms with E-state index in [0.717, 1.165) is 50.5 Å². The van der Waals surface area contributed by atoms with E-state index in [0.29, 0.717) is 51.4 Å². The predicted octanol–water partition coefficient (Wildman–Crippen LogP) is 2.83. The first-order chi connectivity index (χ1) is 43.5. The standard InChI is InChI=1S/C67H107N13O12/c1-15-43(4)56-64(90)74(9)44(5)60(86)80-36-31-49(80)63(89)77(12)51(38-46-23-17-16-18-24-46)62(88)73(8)41-53(81)69-40-55(83)75(10)48(28-27-45-29-34-68-35-30-45)59(85)71-67(32-21-22-33-67)66(92)79(14)57(47-25-19-20-26-47)65(91)78(13)52(61(87)72(6)7)39-54(82)76(11)50(37-42(2)3)58(84)70-56/h29-30,34-35,42-44,46-52,56-57H,15-28,31-33,36-41H2,1-14H3,(H,69,81)(H,70,84)(H,71,85)/t43-,44?,48?,49?,50?,51?,52?,56?,57?/m0/s1. The second-order valence-corrected chi connectivity index (χ2v) is 27.7. The Balaban J connectivity index is 1.40. The number of nitrogens with one attached hydrogen (secondary N) is 3. The molecule has 25 heteroatoms. The van der Waals surface area contributed by atoms with E-state index >= 15 is 14.4 Å². The molecule has 3 heterocycles. The molecule has 1 aromatic heterocycles. The monoisotopic (exact) mass is 1290 g/mol. The van der Waals surface area contributed by atoms with Gasteiger partial charge in [0, 0.05) is 82.4 Å². The maximum absolute atomic E-state index is 15.5. The van der Waals surface area contributed by atoms with Crippen molar-refractivity contribution in [2.75, 3.05) is 83.1 Å². The maximum atomic E-state index is 15.5. The molecule has 8 unspecified atom stereocenters. The molecule has 3 saturated carbocycles. The smallest absolute Gasteiger partial charge is 0.248 e. The quantitative estimate of drug-likeness (QED) is 0.288. The number of amides is 12. The third kappa shape index (κ3) is 17.7. The molecule has 0 aromatic carbocycles. The van der Waals surface area contributed by atoms with Crippen LogP contribution in [0.2, 0.25) is 0 Å². The number of carbonyl (C=O) groups is 12. The Kier molecular flexibility index (Phi) is 26.5. The van der Waals surface area contributed by atoms with Gasteiger partial charge in [0.2, 0.25) is 70.9 Å². The maximum Gasteiger partial charge on any atom is 0.248 e. The lowest BCUT2D eigenvalue weighted by Gasteiger charge is -2.45. The summed E-state index contributed by atoms with van der Waals surface area (Å²) >= 11 is 0. The van der Waals surface area contributed by atoms with E-state index in [4.69, 9.17) is 0 Å². The number of hydrogen-bond acceptors (Lipinski definition) is 13. The van der Waals surface area contributed by atoms with Crippen LogP contribution >= 0.6 is 0 Å². The summed E-state index contributed by atoms with van der Waals surface area (Å²) in [6, 6.07) is -5.55. The van der Waals surface area contributed by atoms with E-state index < -0.39 is 150 Å². The van der Waals surface area contributed by atoms with Crippen LogP contribution in [0.3, 0.4) is 0 Å². The summed E-state index contributed by atoms with van der Waals surface area (Å²) in [5.41, 5.74) is -0.683. The lowest BCUT2D eigenvalue weighted by molar-refractivity contribution is -0.160. The second-order valence-electron chi connectivity index (χ2n) is 27.7. The Morgan fingerprint density at radius 1 is 0.663 bits per heavy atom. The zero-order chi connectivity index (χ0) is 68.1. The van der Waals surface area contributed by atoms with Gasteiger partial charge in [-0.1, -0.05) is 91.9 Å². The van der Waals surface area contributed by atoms with Crippen LogP contribution in [-0.2, 0) is 64.0 Å². The Morgan fingerprint density at radius 2 is 1.27 bits per heavy atom. The van der Waals surface area contributed by atoms with Gasteiger partial charge in [-0.2, -0.15) is 0 Å². The van der Waals surface area contributed by atoms with Crippen molar-refractivity contribution >= 4 is 70.9 Å². The van der Waals surface area contributed by atoms with Crippen LogP contribution in [0.1, 0.15) is 162 Å². The van der Waals surface area contributed by atoms with Crippen LogP contribution in [0.5, 0.6) is 0 Å². The molecule has 5 fully saturated rings. The first-order valence-electron chi connectivity index (χ1n) is 33.6. The number of aryl methyl sites for hydroxylation is 1. The average molecular weight is 1290 g/mol. The molecule has 25 nitrogen and oxygen atoms in total. The van der Waals surface area contributed by atoms with E-state index in [1.54, 1.807) is 38.4 Å². The molecule has 92 heavy (non-hydrogen) atoms. The van der Waals surface area contributed by atoms with Gasteiger partial charge in [-0.3, -0.25) is 62.5 Å². The van der Waals surface area contributed by atoms with E-state index in [9.17, 15) is 43.2 Å². The van der Waals surface area contributed by atoms with Crippen LogP contribution in [0.25, 0.3) is 0 Å². The molecule has 2 saturated heterocycles. The Morgan fingerprint density at radius 3 is 1.85 bits per heavy atom. The van der Waals surface area contributed by atoms with Crippen LogP contribution in [-0.4, -0.2) is 257 Å². The first kappa shape index (κ1) is 73.8. The third-order valence-corrected chi connectivity index (χ3v) is 20.7. The average Bonchev–Trinajstić information content (AvgIpc) is 1.23. The molecule has 6 rings (SSSR count). The molecule has 1 spiro atoms. The number of likely N-dealkylation sites (N-methyl/N-ethyl adjacent to an activating group) is 8. The van der Waals surface area contributed by atoms with Gasteiger partial charge in [0.25, 0.3) is 0 Å². The summed E-state index contributed by atoms with van der Waals surface area (Å²) in [5, 5.41) is 8.68. The third-order valence-electron chi connectivity index (χ3n) is 20.7. The zero-order valence-electron chi connectivity index (χ0n) is 57.4. The van der Waals surface area contributed by atoms with Crippen LogP contribution in [0, 0.1) is 23.7 Å². The lowest BCUT2D eigenvalue weighted by atomic mass is 9.84. The van der Waals surface area contributed by atoms with Crippen molar-refractivity contribution in [3.05, 3.63) is 30.1 Å². The number of fused-ring (bicyclic) bond motifs is 1. The van der Waals surface area contributed by atoms with E-state index in [2.05, 4.69) is 20.9 Å². The largest absolute Gasteiger partial charge is 0.347 e. The molecule has 5 aliphatic rings. The highest BCUT2D eigenvalue weighted by molar-refractivity contribution is 6.01. The summed E-state index contributed by atoms with van der Waals surface area (Å²) in [5.74, 6) is -7.90. The van der Waals surface area contributed by atoms with Crippen molar-refractivity contribution in [3.8, 4) is 0 Å². The number of aromatic nitrogens is 1. The van der Waals surface area contributed by atoms with Gasteiger partial charge in [0.05, 0.1) is 19.5 Å². The van der Waals surface area contributed by atoms with E-state index in [-0.39, 0.29) is 50.0 Å². The highest BCUT2D eigenvalue weighted by atomic mass is 16.2. The molecule has 3 N–H and O–H groups in total. The second kappa shape index (κ2) is 33.1. The summed E-state index contributed by atoms with van der Waals surface area (Å²) in [6.45, 7) is 8.13. The summed E-state index contributed by atoms with van der Waals surface area (Å²) in [4.78, 5) is 193. The van der Waals surface area contributed by atoms with Gasteiger partial charge in [-0.25, -0.2) is 0 Å². The normalized spacial score (nSPS) is 27.5. The molecular weight excluding hydrogens is 1180 g/mol. The number of rotatable bonds is 11. The fourth-order valence-electron chi connectivity index (χ4n) is 14.2. The number of hydrogen-bond donors (Lipinski definition) is 3. The minimum Gasteiger partial charge on any atom is -0.347 e. The van der Waals surface area contributed by atoms with Crippen LogP contribution < -0.4 is 16.0 Å². The molecule has 3 aliphatic carbocycles. The number of nitrogens with zero attached hydrogens (tertiary/aromatic N) is 10. The minimum atomic E-state index is -1.51. The van der Waals surface area contributed by atoms with Gasteiger partial charge in [0.15, 0.2) is 0 Å². The van der Waals surface area contributed by atoms with Crippen molar-refractivity contribution in [2.45, 2.75) is 217 Å². The SMILES string of the molecule is CC[C@H](C)C1NC(=O)C(CC(C)C)N(C)C(=O)CC(C(=O)N(C)C)N(C)C(=O)C(C2CCCC2)N(C)C(=O)C2(CCCC2)NC(=O)C(CCc2ccncc2)N(C)C(=O)CNC(=O)CN(C)C(=O)C(CC2CCCCC2)N(C)C(=O)C2CCN2C(=O)C(C)N(C)C1=O. The van der Waals surface area contributed by atoms with Crippen LogP contribution in [0.15, 0.2) is 24.5 Å². The topological polar surface area (TPSA) is 283 Å². The fraction of sp³-hybridized carbons (Fsp3) is 0.746. The van der Waals surface area contributed by atoms with Gasteiger partial charge >= 0.3 is 0 Å². The highest BCUT2D eigenvalue weighted by Gasteiger charge is 2.51. The van der Waals surface area contributed by atoms with Gasteiger partial charge < -0.3 is 60.0 Å². The van der Waals surface area contributed by atoms with E-state index in [1.807, 2.05) is 20.8 Å².